The fraction of sp³-hybridized carbons (Fsp3) is 0.500. The van der Waals surface area contributed by atoms with E-state index in [-0.39, 0.29) is 17.4 Å². The van der Waals surface area contributed by atoms with Crippen molar-refractivity contribution in [3.63, 3.8) is 0 Å². The Balaban J connectivity index is 1.80. The van der Waals surface area contributed by atoms with Crippen LogP contribution in [0, 0.1) is 17.8 Å². The molecule has 2 rings (SSSR count). The fourth-order valence-electron chi connectivity index (χ4n) is 2.50. The fourth-order valence-corrected chi connectivity index (χ4v) is 2.50. The highest BCUT2D eigenvalue weighted by Crippen LogP contribution is 2.28. The van der Waals surface area contributed by atoms with Gasteiger partial charge in [-0.2, -0.15) is 4.39 Å². The molecule has 1 saturated carbocycles. The van der Waals surface area contributed by atoms with Crippen LogP contribution in [0.3, 0.4) is 0 Å². The molecule has 1 aliphatic rings. The highest BCUT2D eigenvalue weighted by Gasteiger charge is 2.26. The summed E-state index contributed by atoms with van der Waals surface area (Å²) < 4.78 is 13.3. The minimum atomic E-state index is -0.778. The number of rotatable bonds is 4. The third kappa shape index (κ3) is 3.53. The molecule has 20 heavy (non-hydrogen) atoms. The lowest BCUT2D eigenvalue weighted by atomic mass is 9.82. The van der Waals surface area contributed by atoms with E-state index in [1.165, 1.54) is 18.3 Å². The van der Waals surface area contributed by atoms with Crippen molar-refractivity contribution in [2.45, 2.75) is 25.7 Å². The molecule has 1 aromatic rings. The molecule has 0 spiro atoms. The Morgan fingerprint density at radius 3 is 2.65 bits per heavy atom. The molecule has 0 radical (unpaired) electrons. The second-order valence-corrected chi connectivity index (χ2v) is 5.11. The highest BCUT2D eigenvalue weighted by atomic mass is 19.1. The van der Waals surface area contributed by atoms with Crippen molar-refractivity contribution in [3.05, 3.63) is 29.8 Å². The molecular formula is C14H17FN2O3. The van der Waals surface area contributed by atoms with Crippen LogP contribution in [0.5, 0.6) is 0 Å². The van der Waals surface area contributed by atoms with Crippen molar-refractivity contribution in [3.8, 4) is 0 Å². The lowest BCUT2D eigenvalue weighted by molar-refractivity contribution is -0.143. The van der Waals surface area contributed by atoms with Crippen LogP contribution in [0.15, 0.2) is 18.3 Å². The molecule has 1 fully saturated rings. The van der Waals surface area contributed by atoms with Gasteiger partial charge in [0.2, 0.25) is 5.95 Å². The first-order chi connectivity index (χ1) is 9.58. The number of nitrogens with one attached hydrogen (secondary N) is 1. The van der Waals surface area contributed by atoms with Gasteiger partial charge in [0.25, 0.3) is 5.91 Å². The van der Waals surface area contributed by atoms with Crippen molar-refractivity contribution in [2.24, 2.45) is 11.8 Å². The first-order valence-corrected chi connectivity index (χ1v) is 6.69. The van der Waals surface area contributed by atoms with E-state index in [0.717, 1.165) is 12.8 Å². The normalized spacial score (nSPS) is 22.2. The average molecular weight is 280 g/mol. The number of amides is 1. The molecular weight excluding hydrogens is 263 g/mol. The number of hydrogen-bond donors (Lipinski definition) is 2. The second-order valence-electron chi connectivity index (χ2n) is 5.11. The summed E-state index contributed by atoms with van der Waals surface area (Å²) in [5, 5.41) is 11.6. The molecule has 0 unspecified atom stereocenters. The SMILES string of the molecule is O=C(NCC1CCC(C(=O)O)CC1)c1cccnc1F. The summed E-state index contributed by atoms with van der Waals surface area (Å²) in [5.74, 6) is -2.01. The Morgan fingerprint density at radius 2 is 2.05 bits per heavy atom. The van der Waals surface area contributed by atoms with Gasteiger partial charge in [0.05, 0.1) is 11.5 Å². The molecule has 5 nitrogen and oxygen atoms in total. The van der Waals surface area contributed by atoms with Crippen LogP contribution in [0.1, 0.15) is 36.0 Å². The molecule has 2 N–H and O–H groups in total. The van der Waals surface area contributed by atoms with E-state index < -0.39 is 17.8 Å². The van der Waals surface area contributed by atoms with Crippen LogP contribution in [0.4, 0.5) is 4.39 Å². The summed E-state index contributed by atoms with van der Waals surface area (Å²) >= 11 is 0. The lowest BCUT2D eigenvalue weighted by Gasteiger charge is -2.26. The van der Waals surface area contributed by atoms with Crippen LogP contribution < -0.4 is 5.32 Å². The minimum absolute atomic E-state index is 0.0632. The third-order valence-corrected chi connectivity index (χ3v) is 3.75. The molecule has 1 heterocycles. The molecule has 0 bridgehead atoms. The molecule has 108 valence electrons. The Hall–Kier alpha value is -1.98. The van der Waals surface area contributed by atoms with Gasteiger partial charge in [-0.25, -0.2) is 4.98 Å². The quantitative estimate of drug-likeness (QED) is 0.825. The number of halogens is 1. The molecule has 0 atom stereocenters. The molecule has 1 aromatic heterocycles. The van der Waals surface area contributed by atoms with Crippen molar-refractivity contribution >= 4 is 11.9 Å². The number of hydrogen-bond acceptors (Lipinski definition) is 3. The predicted molar refractivity (Wildman–Crippen MR) is 69.6 cm³/mol. The number of carbonyl (C=O) groups excluding carboxylic acids is 1. The molecule has 1 aliphatic carbocycles. The number of carboxylic acids is 1. The summed E-state index contributed by atoms with van der Waals surface area (Å²) in [7, 11) is 0. The standard InChI is InChI=1S/C14H17FN2O3/c15-12-11(2-1-7-16-12)13(18)17-8-9-3-5-10(6-4-9)14(19)20/h1-2,7,9-10H,3-6,8H2,(H,17,18)(H,19,20). The van der Waals surface area contributed by atoms with Gasteiger partial charge in [0.15, 0.2) is 0 Å². The van der Waals surface area contributed by atoms with Gasteiger partial charge in [-0.05, 0) is 43.7 Å². The van der Waals surface area contributed by atoms with Crippen LogP contribution in [0.25, 0.3) is 0 Å². The third-order valence-electron chi connectivity index (χ3n) is 3.75. The lowest BCUT2D eigenvalue weighted by Crippen LogP contribution is -2.32. The number of pyridine rings is 1. The molecule has 0 aliphatic heterocycles. The topological polar surface area (TPSA) is 79.3 Å². The van der Waals surface area contributed by atoms with E-state index in [1.54, 1.807) is 0 Å². The smallest absolute Gasteiger partial charge is 0.306 e. The Bertz CT molecular complexity index is 499. The van der Waals surface area contributed by atoms with Gasteiger partial charge in [0.1, 0.15) is 0 Å². The summed E-state index contributed by atoms with van der Waals surface area (Å²) in [5.41, 5.74) is -0.0632. The van der Waals surface area contributed by atoms with E-state index in [9.17, 15) is 14.0 Å². The first-order valence-electron chi connectivity index (χ1n) is 6.69. The highest BCUT2D eigenvalue weighted by molar-refractivity contribution is 5.94. The maximum Gasteiger partial charge on any atom is 0.306 e. The van der Waals surface area contributed by atoms with E-state index in [0.29, 0.717) is 19.4 Å². The van der Waals surface area contributed by atoms with Gasteiger partial charge in [-0.1, -0.05) is 0 Å². The van der Waals surface area contributed by atoms with E-state index in [4.69, 9.17) is 5.11 Å². The van der Waals surface area contributed by atoms with Crippen molar-refractivity contribution in [1.29, 1.82) is 0 Å². The first kappa shape index (κ1) is 14.4. The van der Waals surface area contributed by atoms with Crippen molar-refractivity contribution < 1.29 is 19.1 Å². The van der Waals surface area contributed by atoms with Crippen LogP contribution in [-0.2, 0) is 4.79 Å². The van der Waals surface area contributed by atoms with Crippen molar-refractivity contribution in [2.75, 3.05) is 6.54 Å². The second kappa shape index (κ2) is 6.45. The maximum absolute atomic E-state index is 13.3. The van der Waals surface area contributed by atoms with Crippen LogP contribution >= 0.6 is 0 Å². The molecule has 0 saturated heterocycles. The van der Waals surface area contributed by atoms with Gasteiger partial charge in [-0.3, -0.25) is 9.59 Å². The van der Waals surface area contributed by atoms with Crippen LogP contribution in [0.2, 0.25) is 0 Å². The zero-order valence-electron chi connectivity index (χ0n) is 11.0. The largest absolute Gasteiger partial charge is 0.481 e. The molecule has 6 heteroatoms. The van der Waals surface area contributed by atoms with Gasteiger partial charge >= 0.3 is 5.97 Å². The van der Waals surface area contributed by atoms with Crippen molar-refractivity contribution in [1.82, 2.24) is 10.3 Å². The van der Waals surface area contributed by atoms with Crippen LogP contribution in [-0.4, -0.2) is 28.5 Å². The number of aromatic nitrogens is 1. The Morgan fingerprint density at radius 1 is 1.35 bits per heavy atom. The molecule has 1 amide bonds. The maximum atomic E-state index is 13.3. The summed E-state index contributed by atoms with van der Waals surface area (Å²) in [6, 6.07) is 2.90. The average Bonchev–Trinajstić information content (AvgIpc) is 2.45. The summed E-state index contributed by atoms with van der Waals surface area (Å²) in [6.07, 6.45) is 4.10. The van der Waals surface area contributed by atoms with E-state index in [1.807, 2.05) is 0 Å². The number of aliphatic carboxylic acids is 1. The monoisotopic (exact) mass is 280 g/mol. The summed E-state index contributed by atoms with van der Waals surface area (Å²) in [4.78, 5) is 26.1. The van der Waals surface area contributed by atoms with E-state index >= 15 is 0 Å². The predicted octanol–water partition coefficient (Wildman–Crippen LogP) is 1.84. The Labute approximate surface area is 116 Å². The van der Waals surface area contributed by atoms with Gasteiger partial charge in [-0.15, -0.1) is 0 Å². The number of carboxylic acid groups (broad SMARTS) is 1. The zero-order chi connectivity index (χ0) is 14.5. The van der Waals surface area contributed by atoms with Gasteiger partial charge in [0, 0.05) is 12.7 Å². The number of nitrogens with zero attached hydrogens (tertiary/aromatic N) is 1. The van der Waals surface area contributed by atoms with E-state index in [2.05, 4.69) is 10.3 Å². The Kier molecular flexibility index (Phi) is 4.65. The van der Waals surface area contributed by atoms with Gasteiger partial charge < -0.3 is 10.4 Å². The minimum Gasteiger partial charge on any atom is -0.481 e. The summed E-state index contributed by atoms with van der Waals surface area (Å²) in [6.45, 7) is 0.444. The number of carbonyl (C=O) groups is 2. The molecule has 0 aromatic carbocycles. The zero-order valence-corrected chi connectivity index (χ0v) is 11.0.